The molecule has 0 saturated heterocycles. The molecule has 0 radical (unpaired) electrons. The number of hydrogen-bond donors (Lipinski definition) is 1. The molecule has 0 aliphatic heterocycles. The van der Waals surface area contributed by atoms with Crippen LogP contribution in [-0.4, -0.2) is 16.1 Å². The first-order valence-electron chi connectivity index (χ1n) is 7.85. The summed E-state index contributed by atoms with van der Waals surface area (Å²) in [7, 11) is 0. The van der Waals surface area contributed by atoms with Crippen LogP contribution < -0.4 is 4.74 Å². The van der Waals surface area contributed by atoms with E-state index < -0.39 is 23.4 Å². The van der Waals surface area contributed by atoms with Gasteiger partial charge in [0.1, 0.15) is 6.61 Å². The molecule has 4 nitrogen and oxygen atoms in total. The van der Waals surface area contributed by atoms with Gasteiger partial charge < -0.3 is 9.84 Å². The van der Waals surface area contributed by atoms with Crippen molar-refractivity contribution in [1.82, 2.24) is 4.98 Å². The number of carboxylic acid groups (broad SMARTS) is 1. The predicted molar refractivity (Wildman–Crippen MR) is 94.2 cm³/mol. The molecule has 0 unspecified atom stereocenters. The average molecular weight is 375 g/mol. The molecular formula is C19H15F2NO3S. The van der Waals surface area contributed by atoms with Crippen LogP contribution in [0.15, 0.2) is 48.0 Å². The number of hydrogen-bond acceptors (Lipinski definition) is 4. The van der Waals surface area contributed by atoms with Crippen molar-refractivity contribution in [2.24, 2.45) is 0 Å². The largest absolute Gasteiger partial charge is 0.481 e. The van der Waals surface area contributed by atoms with Crippen LogP contribution in [0.2, 0.25) is 0 Å². The van der Waals surface area contributed by atoms with Crippen molar-refractivity contribution >= 4 is 17.3 Å². The first-order valence-corrected chi connectivity index (χ1v) is 8.73. The van der Waals surface area contributed by atoms with Crippen LogP contribution in [0, 0.1) is 11.6 Å². The molecule has 0 bridgehead atoms. The number of halogens is 2. The fourth-order valence-electron chi connectivity index (χ4n) is 2.48. The summed E-state index contributed by atoms with van der Waals surface area (Å²) in [4.78, 5) is 15.7. The van der Waals surface area contributed by atoms with Crippen LogP contribution in [0.1, 0.15) is 17.7 Å². The number of benzene rings is 2. The fraction of sp³-hybridized carbons (Fsp3) is 0.158. The lowest BCUT2D eigenvalue weighted by atomic mass is 10.1. The molecule has 134 valence electrons. The van der Waals surface area contributed by atoms with Crippen LogP contribution in [0.25, 0.3) is 10.4 Å². The lowest BCUT2D eigenvalue weighted by Gasteiger charge is -2.10. The van der Waals surface area contributed by atoms with Gasteiger partial charge in [-0.1, -0.05) is 30.3 Å². The molecule has 26 heavy (non-hydrogen) atoms. The molecule has 0 aliphatic carbocycles. The second kappa shape index (κ2) is 8.05. The summed E-state index contributed by atoms with van der Waals surface area (Å²) < 4.78 is 33.6. The molecule has 3 aromatic rings. The van der Waals surface area contributed by atoms with Gasteiger partial charge in [-0.25, -0.2) is 13.8 Å². The van der Waals surface area contributed by atoms with E-state index in [2.05, 4.69) is 4.98 Å². The third kappa shape index (κ3) is 4.23. The molecule has 1 N–H and O–H groups in total. The minimum Gasteiger partial charge on any atom is -0.481 e. The summed E-state index contributed by atoms with van der Waals surface area (Å²) in [6.07, 6.45) is -0.147. The van der Waals surface area contributed by atoms with E-state index >= 15 is 0 Å². The van der Waals surface area contributed by atoms with Crippen molar-refractivity contribution in [3.8, 4) is 16.2 Å². The number of rotatable bonds is 7. The maximum atomic E-state index is 14.2. The van der Waals surface area contributed by atoms with Gasteiger partial charge in [-0.2, -0.15) is 0 Å². The molecule has 3 rings (SSSR count). The van der Waals surface area contributed by atoms with Crippen molar-refractivity contribution in [3.05, 3.63) is 70.9 Å². The van der Waals surface area contributed by atoms with Crippen LogP contribution in [0.5, 0.6) is 5.75 Å². The number of carboxylic acids is 1. The Morgan fingerprint density at radius 2 is 1.85 bits per heavy atom. The standard InChI is InChI=1S/C19H15F2NO3S/c20-14-8-12(6-7-17(23)24)9-15(21)18(14)25-10-16-19(26-11-22-16)13-4-2-1-3-5-13/h1-5,8-9,11H,6-7,10H2,(H,23,24). The van der Waals surface area contributed by atoms with E-state index in [0.29, 0.717) is 5.69 Å². The number of carbonyl (C=O) groups is 1. The first kappa shape index (κ1) is 18.0. The van der Waals surface area contributed by atoms with E-state index in [4.69, 9.17) is 9.84 Å². The lowest BCUT2D eigenvalue weighted by Crippen LogP contribution is -2.03. The van der Waals surface area contributed by atoms with Gasteiger partial charge in [0.05, 0.1) is 16.1 Å². The van der Waals surface area contributed by atoms with Crippen molar-refractivity contribution in [3.63, 3.8) is 0 Å². The van der Waals surface area contributed by atoms with E-state index in [1.54, 1.807) is 5.51 Å². The van der Waals surface area contributed by atoms with Gasteiger partial charge in [0.25, 0.3) is 0 Å². The number of aliphatic carboxylic acids is 1. The normalized spacial score (nSPS) is 10.7. The van der Waals surface area contributed by atoms with Gasteiger partial charge >= 0.3 is 5.97 Å². The molecule has 0 atom stereocenters. The maximum Gasteiger partial charge on any atom is 0.303 e. The van der Waals surface area contributed by atoms with E-state index in [9.17, 15) is 13.6 Å². The molecule has 0 fully saturated rings. The van der Waals surface area contributed by atoms with Crippen molar-refractivity contribution in [2.45, 2.75) is 19.4 Å². The van der Waals surface area contributed by atoms with Crippen LogP contribution in [0.4, 0.5) is 8.78 Å². The van der Waals surface area contributed by atoms with E-state index in [1.165, 1.54) is 11.3 Å². The third-order valence-corrected chi connectivity index (χ3v) is 4.63. The summed E-state index contributed by atoms with van der Waals surface area (Å²) in [5.41, 5.74) is 3.48. The minimum absolute atomic E-state index is 0.0493. The van der Waals surface area contributed by atoms with Crippen molar-refractivity contribution in [2.75, 3.05) is 0 Å². The Hall–Kier alpha value is -2.80. The van der Waals surface area contributed by atoms with Gasteiger partial charge in [-0.3, -0.25) is 4.79 Å². The molecule has 0 aliphatic rings. The molecule has 0 amide bonds. The average Bonchev–Trinajstić information content (AvgIpc) is 3.08. The van der Waals surface area contributed by atoms with Gasteiger partial charge in [-0.15, -0.1) is 11.3 Å². The molecule has 0 spiro atoms. The zero-order valence-electron chi connectivity index (χ0n) is 13.6. The van der Waals surface area contributed by atoms with Crippen molar-refractivity contribution < 1.29 is 23.4 Å². The Morgan fingerprint density at radius 3 is 2.50 bits per heavy atom. The van der Waals surface area contributed by atoms with Crippen LogP contribution in [-0.2, 0) is 17.8 Å². The number of ether oxygens (including phenoxy) is 1. The van der Waals surface area contributed by atoms with Crippen LogP contribution in [0.3, 0.4) is 0 Å². The smallest absolute Gasteiger partial charge is 0.303 e. The Morgan fingerprint density at radius 1 is 1.15 bits per heavy atom. The summed E-state index contributed by atoms with van der Waals surface area (Å²) in [5.74, 6) is -3.23. The summed E-state index contributed by atoms with van der Waals surface area (Å²) in [6.45, 7) is -0.0734. The quantitative estimate of drug-likeness (QED) is 0.651. The SMILES string of the molecule is O=C(O)CCc1cc(F)c(OCc2ncsc2-c2ccccc2)c(F)c1. The maximum absolute atomic E-state index is 14.2. The molecule has 1 aromatic heterocycles. The highest BCUT2D eigenvalue weighted by Gasteiger charge is 2.16. The fourth-order valence-corrected chi connectivity index (χ4v) is 3.29. The Kier molecular flexibility index (Phi) is 5.58. The minimum atomic E-state index is -1.02. The molecule has 2 aromatic carbocycles. The second-order valence-corrected chi connectivity index (χ2v) is 6.42. The molecular weight excluding hydrogens is 360 g/mol. The van der Waals surface area contributed by atoms with Gasteiger partial charge in [-0.05, 0) is 29.7 Å². The summed E-state index contributed by atoms with van der Waals surface area (Å²) in [5, 5.41) is 8.66. The third-order valence-electron chi connectivity index (χ3n) is 3.72. The first-order chi connectivity index (χ1) is 12.5. The highest BCUT2D eigenvalue weighted by Crippen LogP contribution is 2.30. The number of thiazole rings is 1. The van der Waals surface area contributed by atoms with Gasteiger partial charge in [0.2, 0.25) is 0 Å². The molecule has 1 heterocycles. The van der Waals surface area contributed by atoms with E-state index in [1.807, 2.05) is 30.3 Å². The van der Waals surface area contributed by atoms with E-state index in [0.717, 1.165) is 22.6 Å². The number of aromatic nitrogens is 1. The van der Waals surface area contributed by atoms with Crippen LogP contribution >= 0.6 is 11.3 Å². The monoisotopic (exact) mass is 375 g/mol. The summed E-state index contributed by atoms with van der Waals surface area (Å²) >= 11 is 1.42. The zero-order valence-corrected chi connectivity index (χ0v) is 14.4. The van der Waals surface area contributed by atoms with Crippen molar-refractivity contribution in [1.29, 1.82) is 0 Å². The lowest BCUT2D eigenvalue weighted by molar-refractivity contribution is -0.136. The predicted octanol–water partition coefficient (Wildman–Crippen LogP) is 4.68. The molecule has 7 heteroatoms. The van der Waals surface area contributed by atoms with Gasteiger partial charge in [0, 0.05) is 6.42 Å². The number of aryl methyl sites for hydroxylation is 1. The van der Waals surface area contributed by atoms with E-state index in [-0.39, 0.29) is 25.0 Å². The Bertz CT molecular complexity index is 889. The highest BCUT2D eigenvalue weighted by molar-refractivity contribution is 7.13. The van der Waals surface area contributed by atoms with Gasteiger partial charge in [0.15, 0.2) is 17.4 Å². The number of nitrogens with zero attached hydrogens (tertiary/aromatic N) is 1. The topological polar surface area (TPSA) is 59.4 Å². The highest BCUT2D eigenvalue weighted by atomic mass is 32.1. The summed E-state index contributed by atoms with van der Waals surface area (Å²) in [6, 6.07) is 11.7. The Balaban J connectivity index is 1.75. The zero-order chi connectivity index (χ0) is 18.5. The molecule has 0 saturated carbocycles. The second-order valence-electron chi connectivity index (χ2n) is 5.57. The Labute approximate surface area is 152 Å².